The Balaban J connectivity index is 1.84. The van der Waals surface area contributed by atoms with Crippen LogP contribution in [0.4, 0.5) is 0 Å². The normalized spacial score (nSPS) is 41.7. The van der Waals surface area contributed by atoms with Gasteiger partial charge in [0.15, 0.2) is 0 Å². The van der Waals surface area contributed by atoms with Gasteiger partial charge < -0.3 is 5.32 Å². The monoisotopic (exact) mass is 139 g/mol. The van der Waals surface area contributed by atoms with Gasteiger partial charge in [-0.25, -0.2) is 0 Å². The van der Waals surface area contributed by atoms with Crippen LogP contribution in [0.2, 0.25) is 0 Å². The average molecular weight is 139 g/mol. The highest BCUT2D eigenvalue weighted by Gasteiger charge is 2.33. The van der Waals surface area contributed by atoms with Crippen LogP contribution in [0.5, 0.6) is 0 Å². The molecule has 0 radical (unpaired) electrons. The lowest BCUT2D eigenvalue weighted by atomic mass is 9.88. The van der Waals surface area contributed by atoms with E-state index in [9.17, 15) is 0 Å². The van der Waals surface area contributed by atoms with Crippen LogP contribution in [0.1, 0.15) is 26.2 Å². The molecule has 0 amide bonds. The zero-order chi connectivity index (χ0) is 6.97. The van der Waals surface area contributed by atoms with Crippen LogP contribution in [0, 0.1) is 17.8 Å². The van der Waals surface area contributed by atoms with E-state index in [0.717, 1.165) is 17.8 Å². The smallest absolute Gasteiger partial charge is 0.00176 e. The van der Waals surface area contributed by atoms with E-state index >= 15 is 0 Å². The number of hydrogen-bond donors (Lipinski definition) is 1. The lowest BCUT2D eigenvalue weighted by Gasteiger charge is -2.27. The quantitative estimate of drug-likeness (QED) is 0.582. The standard InChI is InChI=1S/C9H17N/c1-7-4-9(6-10-5-7)8-2-3-8/h7-10H,2-6H2,1H3. The van der Waals surface area contributed by atoms with Crippen LogP contribution in [0.15, 0.2) is 0 Å². The summed E-state index contributed by atoms with van der Waals surface area (Å²) in [7, 11) is 0. The summed E-state index contributed by atoms with van der Waals surface area (Å²) in [6, 6.07) is 0. The predicted molar refractivity (Wildman–Crippen MR) is 42.9 cm³/mol. The van der Waals surface area contributed by atoms with Gasteiger partial charge in [0.05, 0.1) is 0 Å². The Morgan fingerprint density at radius 2 is 1.90 bits per heavy atom. The summed E-state index contributed by atoms with van der Waals surface area (Å²) in [6.07, 6.45) is 4.51. The van der Waals surface area contributed by atoms with E-state index < -0.39 is 0 Å². The van der Waals surface area contributed by atoms with Gasteiger partial charge >= 0.3 is 0 Å². The van der Waals surface area contributed by atoms with E-state index in [1.807, 2.05) is 0 Å². The molecule has 0 aromatic carbocycles. The summed E-state index contributed by atoms with van der Waals surface area (Å²) in [5.74, 6) is 3.07. The fourth-order valence-corrected chi connectivity index (χ4v) is 2.13. The van der Waals surface area contributed by atoms with Gasteiger partial charge in [-0.1, -0.05) is 6.92 Å². The van der Waals surface area contributed by atoms with Crippen LogP contribution in [0.25, 0.3) is 0 Å². The second-order valence-corrected chi connectivity index (χ2v) is 4.10. The molecule has 2 atom stereocenters. The molecule has 0 spiro atoms. The van der Waals surface area contributed by atoms with Crippen molar-refractivity contribution in [3.05, 3.63) is 0 Å². The van der Waals surface area contributed by atoms with Crippen LogP contribution in [-0.2, 0) is 0 Å². The number of rotatable bonds is 1. The molecule has 2 aliphatic rings. The average Bonchev–Trinajstić information content (AvgIpc) is 2.68. The second-order valence-electron chi connectivity index (χ2n) is 4.10. The first kappa shape index (κ1) is 6.66. The van der Waals surface area contributed by atoms with Crippen molar-refractivity contribution in [2.45, 2.75) is 26.2 Å². The Bertz CT molecular complexity index is 118. The van der Waals surface area contributed by atoms with E-state index in [0.29, 0.717) is 0 Å². The van der Waals surface area contributed by atoms with Gasteiger partial charge in [-0.2, -0.15) is 0 Å². The lowest BCUT2D eigenvalue weighted by Crippen LogP contribution is -2.35. The predicted octanol–water partition coefficient (Wildman–Crippen LogP) is 1.64. The maximum atomic E-state index is 3.51. The van der Waals surface area contributed by atoms with Crippen LogP contribution in [-0.4, -0.2) is 13.1 Å². The third-order valence-electron chi connectivity index (χ3n) is 2.89. The van der Waals surface area contributed by atoms with Crippen LogP contribution >= 0.6 is 0 Å². The van der Waals surface area contributed by atoms with Crippen molar-refractivity contribution in [3.8, 4) is 0 Å². The molecule has 1 N–H and O–H groups in total. The van der Waals surface area contributed by atoms with E-state index in [4.69, 9.17) is 0 Å². The molecule has 1 heteroatoms. The van der Waals surface area contributed by atoms with Gasteiger partial charge in [0.25, 0.3) is 0 Å². The van der Waals surface area contributed by atoms with Crippen molar-refractivity contribution in [2.75, 3.05) is 13.1 Å². The van der Waals surface area contributed by atoms with Crippen molar-refractivity contribution in [3.63, 3.8) is 0 Å². The van der Waals surface area contributed by atoms with Gasteiger partial charge in [0.2, 0.25) is 0 Å². The van der Waals surface area contributed by atoms with E-state index in [-0.39, 0.29) is 0 Å². The van der Waals surface area contributed by atoms with Crippen molar-refractivity contribution < 1.29 is 0 Å². The Morgan fingerprint density at radius 1 is 1.10 bits per heavy atom. The lowest BCUT2D eigenvalue weighted by molar-refractivity contribution is 0.276. The molecule has 1 nitrogen and oxygen atoms in total. The van der Waals surface area contributed by atoms with Crippen LogP contribution in [0.3, 0.4) is 0 Å². The Kier molecular flexibility index (Phi) is 1.69. The molecule has 1 saturated heterocycles. The molecule has 2 fully saturated rings. The third-order valence-corrected chi connectivity index (χ3v) is 2.89. The fraction of sp³-hybridized carbons (Fsp3) is 1.00. The molecular weight excluding hydrogens is 122 g/mol. The molecule has 58 valence electrons. The molecule has 2 rings (SSSR count). The Labute approximate surface area is 63.2 Å². The minimum Gasteiger partial charge on any atom is -0.316 e. The highest BCUT2D eigenvalue weighted by molar-refractivity contribution is 4.86. The molecule has 1 heterocycles. The number of piperidine rings is 1. The summed E-state index contributed by atoms with van der Waals surface area (Å²) in [4.78, 5) is 0. The Morgan fingerprint density at radius 3 is 2.50 bits per heavy atom. The number of hydrogen-bond acceptors (Lipinski definition) is 1. The van der Waals surface area contributed by atoms with Crippen LogP contribution < -0.4 is 5.32 Å². The molecule has 0 aromatic rings. The molecule has 0 aromatic heterocycles. The molecule has 2 unspecified atom stereocenters. The van der Waals surface area contributed by atoms with Gasteiger partial charge in [-0.15, -0.1) is 0 Å². The van der Waals surface area contributed by atoms with Gasteiger partial charge in [0.1, 0.15) is 0 Å². The summed E-state index contributed by atoms with van der Waals surface area (Å²) in [5, 5.41) is 3.51. The minimum atomic E-state index is 0.930. The molecule has 1 aliphatic heterocycles. The Hall–Kier alpha value is -0.0400. The van der Waals surface area contributed by atoms with Gasteiger partial charge in [-0.3, -0.25) is 0 Å². The summed E-state index contributed by atoms with van der Waals surface area (Å²) in [6.45, 7) is 4.92. The molecule has 1 saturated carbocycles. The maximum Gasteiger partial charge on any atom is -0.00176 e. The largest absolute Gasteiger partial charge is 0.316 e. The summed E-state index contributed by atoms with van der Waals surface area (Å²) >= 11 is 0. The highest BCUT2D eigenvalue weighted by Crippen LogP contribution is 2.40. The third kappa shape index (κ3) is 1.34. The van der Waals surface area contributed by atoms with Crippen molar-refractivity contribution in [1.82, 2.24) is 5.32 Å². The number of nitrogens with one attached hydrogen (secondary N) is 1. The summed E-state index contributed by atoms with van der Waals surface area (Å²) in [5.41, 5.74) is 0. The molecule has 10 heavy (non-hydrogen) atoms. The maximum absolute atomic E-state index is 3.51. The molecular formula is C9H17N. The van der Waals surface area contributed by atoms with E-state index in [1.54, 1.807) is 0 Å². The first-order chi connectivity index (χ1) is 4.86. The van der Waals surface area contributed by atoms with Crippen molar-refractivity contribution in [2.24, 2.45) is 17.8 Å². The fourth-order valence-electron chi connectivity index (χ4n) is 2.13. The SMILES string of the molecule is CC1CNCC(C2CC2)C1. The topological polar surface area (TPSA) is 12.0 Å². The molecule has 0 bridgehead atoms. The first-order valence-electron chi connectivity index (χ1n) is 4.57. The van der Waals surface area contributed by atoms with Crippen molar-refractivity contribution >= 4 is 0 Å². The second kappa shape index (κ2) is 2.54. The molecule has 1 aliphatic carbocycles. The highest BCUT2D eigenvalue weighted by atomic mass is 14.9. The van der Waals surface area contributed by atoms with Gasteiger partial charge in [-0.05, 0) is 50.1 Å². The van der Waals surface area contributed by atoms with Gasteiger partial charge in [0, 0.05) is 0 Å². The zero-order valence-corrected chi connectivity index (χ0v) is 6.77. The zero-order valence-electron chi connectivity index (χ0n) is 6.77. The first-order valence-corrected chi connectivity index (χ1v) is 4.57. The summed E-state index contributed by atoms with van der Waals surface area (Å²) < 4.78 is 0. The van der Waals surface area contributed by atoms with E-state index in [2.05, 4.69) is 12.2 Å². The minimum absolute atomic E-state index is 0.930. The van der Waals surface area contributed by atoms with E-state index in [1.165, 1.54) is 32.4 Å². The van der Waals surface area contributed by atoms with Crippen molar-refractivity contribution in [1.29, 1.82) is 0 Å².